The second kappa shape index (κ2) is 8.03. The molecule has 2 aromatic heterocycles. The molecule has 9 heteroatoms. The molecule has 4 aromatic rings. The van der Waals surface area contributed by atoms with Crippen LogP contribution in [0.1, 0.15) is 28.1 Å². The van der Waals surface area contributed by atoms with Crippen molar-refractivity contribution in [3.63, 3.8) is 0 Å². The molecular weight excluding hydrogens is 416 g/mol. The quantitative estimate of drug-likeness (QED) is 0.475. The largest absolute Gasteiger partial charge is 0.489 e. The van der Waals surface area contributed by atoms with Gasteiger partial charge < -0.3 is 4.74 Å². The van der Waals surface area contributed by atoms with Gasteiger partial charge in [0, 0.05) is 12.6 Å². The number of aryl methyl sites for hydroxylation is 4. The first kappa shape index (κ1) is 20.9. The second-order valence-corrected chi connectivity index (χ2v) is 7.88. The second-order valence-electron chi connectivity index (χ2n) is 7.50. The minimum atomic E-state index is -0.309. The first-order valence-corrected chi connectivity index (χ1v) is 10.2. The first-order valence-electron chi connectivity index (χ1n) is 9.81. The van der Waals surface area contributed by atoms with Crippen LogP contribution in [0, 0.1) is 27.7 Å². The van der Waals surface area contributed by atoms with Crippen molar-refractivity contribution < 1.29 is 4.74 Å². The van der Waals surface area contributed by atoms with Crippen LogP contribution in [0.5, 0.6) is 5.75 Å². The van der Waals surface area contributed by atoms with E-state index in [1.54, 1.807) is 7.05 Å². The Morgan fingerprint density at radius 2 is 1.77 bits per heavy atom. The lowest BCUT2D eigenvalue weighted by molar-refractivity contribution is 0.302. The number of hydrogen-bond donors (Lipinski definition) is 0. The van der Waals surface area contributed by atoms with Crippen molar-refractivity contribution in [2.75, 3.05) is 0 Å². The summed E-state index contributed by atoms with van der Waals surface area (Å²) in [5, 5.41) is 12.9. The van der Waals surface area contributed by atoms with Gasteiger partial charge in [0.1, 0.15) is 12.4 Å². The highest BCUT2D eigenvalue weighted by Gasteiger charge is 2.15. The van der Waals surface area contributed by atoms with E-state index in [0.29, 0.717) is 10.7 Å². The van der Waals surface area contributed by atoms with Crippen molar-refractivity contribution in [1.29, 1.82) is 0 Å². The van der Waals surface area contributed by atoms with E-state index in [-0.39, 0.29) is 12.3 Å². The Hall–Kier alpha value is -3.39. The van der Waals surface area contributed by atoms with E-state index in [1.807, 2.05) is 68.8 Å². The van der Waals surface area contributed by atoms with Crippen LogP contribution >= 0.6 is 11.6 Å². The van der Waals surface area contributed by atoms with Gasteiger partial charge >= 0.3 is 5.69 Å². The fourth-order valence-corrected chi connectivity index (χ4v) is 3.61. The average Bonchev–Trinajstić information content (AvgIpc) is 3.21. The zero-order valence-electron chi connectivity index (χ0n) is 18.0. The Morgan fingerprint density at radius 1 is 1.00 bits per heavy atom. The van der Waals surface area contributed by atoms with Gasteiger partial charge in [0.25, 0.3) is 0 Å². The van der Waals surface area contributed by atoms with Crippen LogP contribution in [-0.4, -0.2) is 29.6 Å². The van der Waals surface area contributed by atoms with Gasteiger partial charge in [-0.2, -0.15) is 14.5 Å². The van der Waals surface area contributed by atoms with Crippen molar-refractivity contribution in [1.82, 2.24) is 29.6 Å². The summed E-state index contributed by atoms with van der Waals surface area (Å²) in [7, 11) is 1.57. The number of hydrogen-bond acceptors (Lipinski definition) is 5. The smallest absolute Gasteiger partial charge is 0.368 e. The van der Waals surface area contributed by atoms with Gasteiger partial charge in [0.05, 0.1) is 27.8 Å². The molecule has 0 fully saturated rings. The van der Waals surface area contributed by atoms with Gasteiger partial charge in [-0.3, -0.25) is 0 Å². The molecule has 160 valence electrons. The fourth-order valence-electron chi connectivity index (χ4n) is 3.49. The molecule has 0 aliphatic rings. The Bertz CT molecular complexity index is 1330. The molecule has 0 saturated carbocycles. The molecule has 0 spiro atoms. The Labute approximate surface area is 184 Å². The molecule has 0 amide bonds. The number of rotatable bonds is 5. The lowest BCUT2D eigenvalue weighted by Crippen LogP contribution is -2.23. The summed E-state index contributed by atoms with van der Waals surface area (Å²) < 4.78 is 10.4. The minimum absolute atomic E-state index is 0.289. The van der Waals surface area contributed by atoms with E-state index < -0.39 is 0 Å². The number of halogens is 1. The Morgan fingerprint density at radius 3 is 2.39 bits per heavy atom. The monoisotopic (exact) mass is 438 g/mol. The highest BCUT2D eigenvalue weighted by Crippen LogP contribution is 2.27. The number of tetrazole rings is 1. The summed E-state index contributed by atoms with van der Waals surface area (Å²) in [5.41, 5.74) is 5.80. The van der Waals surface area contributed by atoms with Crippen molar-refractivity contribution in [2.45, 2.75) is 34.3 Å². The molecule has 2 aromatic carbocycles. The van der Waals surface area contributed by atoms with Crippen molar-refractivity contribution in [3.8, 4) is 17.1 Å². The van der Waals surface area contributed by atoms with Crippen LogP contribution in [0.25, 0.3) is 11.4 Å². The van der Waals surface area contributed by atoms with Gasteiger partial charge in [-0.05, 0) is 73.5 Å². The third kappa shape index (κ3) is 3.74. The third-order valence-corrected chi connectivity index (χ3v) is 5.86. The van der Waals surface area contributed by atoms with Crippen molar-refractivity contribution in [2.24, 2.45) is 7.05 Å². The van der Waals surface area contributed by atoms with Crippen LogP contribution in [-0.2, 0) is 13.7 Å². The maximum Gasteiger partial charge on any atom is 0.368 e. The molecule has 0 saturated heterocycles. The van der Waals surface area contributed by atoms with Gasteiger partial charge in [0.15, 0.2) is 0 Å². The minimum Gasteiger partial charge on any atom is -0.489 e. The number of benzene rings is 2. The third-order valence-electron chi connectivity index (χ3n) is 5.31. The molecule has 8 nitrogen and oxygen atoms in total. The number of nitrogens with zero attached hydrogens (tertiary/aromatic N) is 6. The molecule has 4 rings (SSSR count). The molecule has 2 heterocycles. The number of ether oxygens (including phenoxy) is 1. The standard InChI is InChI=1S/C22H23ClN6O2/c1-13-7-6-8-19(29-22(30)27(5)25-26-29)18(13)12-31-20-10-9-17(11-14(20)2)28-16(4)21(23)15(3)24-28/h6-11H,12H2,1-5H3. The molecule has 0 atom stereocenters. The van der Waals surface area contributed by atoms with Crippen LogP contribution in [0.4, 0.5) is 0 Å². The van der Waals surface area contributed by atoms with Gasteiger partial charge in [-0.25, -0.2) is 9.48 Å². The molecule has 0 aliphatic carbocycles. The lowest BCUT2D eigenvalue weighted by Gasteiger charge is -2.15. The van der Waals surface area contributed by atoms with Gasteiger partial charge in [-0.1, -0.05) is 23.7 Å². The fraction of sp³-hybridized carbons (Fsp3) is 0.273. The zero-order valence-corrected chi connectivity index (χ0v) is 18.8. The molecule has 0 aliphatic heterocycles. The summed E-state index contributed by atoms with van der Waals surface area (Å²) in [6, 6.07) is 11.6. The van der Waals surface area contributed by atoms with Crippen LogP contribution in [0.2, 0.25) is 5.02 Å². The lowest BCUT2D eigenvalue weighted by atomic mass is 10.1. The molecular formula is C22H23ClN6O2. The van der Waals surface area contributed by atoms with Crippen molar-refractivity contribution in [3.05, 3.63) is 80.0 Å². The van der Waals surface area contributed by atoms with Crippen molar-refractivity contribution >= 4 is 11.6 Å². The number of aromatic nitrogens is 6. The molecule has 0 N–H and O–H groups in total. The SMILES string of the molecule is Cc1cc(-n2nc(C)c(Cl)c2C)ccc1OCc1c(C)cccc1-n1nnn(C)c1=O. The van der Waals surface area contributed by atoms with Gasteiger partial charge in [-0.15, -0.1) is 0 Å². The van der Waals surface area contributed by atoms with E-state index >= 15 is 0 Å². The topological polar surface area (TPSA) is 79.8 Å². The maximum absolute atomic E-state index is 12.3. The normalized spacial score (nSPS) is 11.2. The van der Waals surface area contributed by atoms with E-state index in [2.05, 4.69) is 15.5 Å². The van der Waals surface area contributed by atoms with E-state index in [0.717, 1.165) is 39.5 Å². The molecule has 0 unspecified atom stereocenters. The predicted molar refractivity (Wildman–Crippen MR) is 118 cm³/mol. The first-order chi connectivity index (χ1) is 14.8. The summed E-state index contributed by atoms with van der Waals surface area (Å²) in [6.07, 6.45) is 0. The molecule has 0 bridgehead atoms. The van der Waals surface area contributed by atoms with Crippen LogP contribution in [0.3, 0.4) is 0 Å². The summed E-state index contributed by atoms with van der Waals surface area (Å²) in [6.45, 7) is 8.08. The molecule has 0 radical (unpaired) electrons. The van der Waals surface area contributed by atoms with E-state index in [1.165, 1.54) is 9.36 Å². The van der Waals surface area contributed by atoms with Gasteiger partial charge in [0.2, 0.25) is 0 Å². The van der Waals surface area contributed by atoms with Crippen LogP contribution in [0.15, 0.2) is 41.2 Å². The summed E-state index contributed by atoms with van der Waals surface area (Å²) >= 11 is 6.29. The maximum atomic E-state index is 12.3. The Kier molecular flexibility index (Phi) is 5.41. The highest BCUT2D eigenvalue weighted by atomic mass is 35.5. The summed E-state index contributed by atoms with van der Waals surface area (Å²) in [5.74, 6) is 0.747. The van der Waals surface area contributed by atoms with E-state index in [9.17, 15) is 4.79 Å². The summed E-state index contributed by atoms with van der Waals surface area (Å²) in [4.78, 5) is 12.3. The predicted octanol–water partition coefficient (Wildman–Crippen LogP) is 3.62. The highest BCUT2D eigenvalue weighted by molar-refractivity contribution is 6.31. The zero-order chi connectivity index (χ0) is 22.3. The average molecular weight is 439 g/mol. The molecule has 31 heavy (non-hydrogen) atoms. The van der Waals surface area contributed by atoms with Crippen LogP contribution < -0.4 is 10.4 Å². The Balaban J connectivity index is 1.63. The van der Waals surface area contributed by atoms with E-state index in [4.69, 9.17) is 16.3 Å².